The molecule has 0 spiro atoms. The standard InChI is InChI=1S/C14H11N5O/c1-10(20-12-4-2-11(8-15)3-5-12)13-6-7-16-14-17-9-18-19(13)14/h2-7,9-10H,1H3/t10-/m0/s1. The molecule has 1 aromatic carbocycles. The van der Waals surface area contributed by atoms with Crippen molar-refractivity contribution in [1.82, 2.24) is 19.6 Å². The van der Waals surface area contributed by atoms with Crippen molar-refractivity contribution in [2.45, 2.75) is 13.0 Å². The van der Waals surface area contributed by atoms with E-state index in [-0.39, 0.29) is 6.10 Å². The number of hydrogen-bond donors (Lipinski definition) is 0. The average molecular weight is 265 g/mol. The first-order valence-corrected chi connectivity index (χ1v) is 6.09. The molecule has 2 aromatic heterocycles. The van der Waals surface area contributed by atoms with Gasteiger partial charge in [-0.2, -0.15) is 19.9 Å². The van der Waals surface area contributed by atoms with Crippen LogP contribution in [0.2, 0.25) is 0 Å². The zero-order chi connectivity index (χ0) is 13.9. The van der Waals surface area contributed by atoms with Gasteiger partial charge in [-0.05, 0) is 37.3 Å². The van der Waals surface area contributed by atoms with Crippen molar-refractivity contribution >= 4 is 5.78 Å². The summed E-state index contributed by atoms with van der Waals surface area (Å²) in [5, 5.41) is 12.9. The Labute approximate surface area is 115 Å². The summed E-state index contributed by atoms with van der Waals surface area (Å²) >= 11 is 0. The largest absolute Gasteiger partial charge is 0.484 e. The molecule has 0 aliphatic heterocycles. The molecule has 0 bridgehead atoms. The van der Waals surface area contributed by atoms with Gasteiger partial charge in [-0.3, -0.25) is 0 Å². The molecule has 3 aromatic rings. The molecule has 0 unspecified atom stereocenters. The summed E-state index contributed by atoms with van der Waals surface area (Å²) in [4.78, 5) is 8.15. The Balaban J connectivity index is 1.87. The summed E-state index contributed by atoms with van der Waals surface area (Å²) in [6.45, 7) is 1.93. The number of rotatable bonds is 3. The minimum Gasteiger partial charge on any atom is -0.484 e. The van der Waals surface area contributed by atoms with Crippen LogP contribution in [0, 0.1) is 11.3 Å². The number of nitrogens with zero attached hydrogens (tertiary/aromatic N) is 5. The zero-order valence-electron chi connectivity index (χ0n) is 10.8. The summed E-state index contributed by atoms with van der Waals surface area (Å²) in [6, 6.07) is 10.9. The fourth-order valence-electron chi connectivity index (χ4n) is 1.94. The summed E-state index contributed by atoms with van der Waals surface area (Å²) in [5.41, 5.74) is 1.46. The van der Waals surface area contributed by atoms with E-state index in [1.165, 1.54) is 6.33 Å². The molecule has 2 heterocycles. The lowest BCUT2D eigenvalue weighted by Crippen LogP contribution is -2.10. The molecule has 0 saturated heterocycles. The van der Waals surface area contributed by atoms with Gasteiger partial charge in [0.25, 0.3) is 5.78 Å². The Kier molecular flexibility index (Phi) is 3.01. The minimum atomic E-state index is -0.213. The van der Waals surface area contributed by atoms with Crippen molar-refractivity contribution < 1.29 is 4.74 Å². The third-order valence-electron chi connectivity index (χ3n) is 2.92. The average Bonchev–Trinajstić information content (AvgIpc) is 2.96. The van der Waals surface area contributed by atoms with E-state index in [4.69, 9.17) is 10.00 Å². The normalized spacial score (nSPS) is 12.0. The van der Waals surface area contributed by atoms with Gasteiger partial charge in [0.1, 0.15) is 18.2 Å². The highest BCUT2D eigenvalue weighted by atomic mass is 16.5. The van der Waals surface area contributed by atoms with E-state index < -0.39 is 0 Å². The molecule has 6 nitrogen and oxygen atoms in total. The van der Waals surface area contributed by atoms with E-state index in [0.29, 0.717) is 17.1 Å². The summed E-state index contributed by atoms with van der Waals surface area (Å²) in [6.07, 6.45) is 2.92. The molecular formula is C14H11N5O. The zero-order valence-corrected chi connectivity index (χ0v) is 10.8. The van der Waals surface area contributed by atoms with E-state index in [1.54, 1.807) is 35.0 Å². The van der Waals surface area contributed by atoms with E-state index in [9.17, 15) is 0 Å². The number of fused-ring (bicyclic) bond motifs is 1. The lowest BCUT2D eigenvalue weighted by atomic mass is 10.2. The maximum Gasteiger partial charge on any atom is 0.252 e. The first-order chi connectivity index (χ1) is 9.78. The Morgan fingerprint density at radius 1 is 1.20 bits per heavy atom. The van der Waals surface area contributed by atoms with Crippen molar-refractivity contribution in [1.29, 1.82) is 5.26 Å². The third kappa shape index (κ3) is 2.17. The molecule has 1 atom stereocenters. The van der Waals surface area contributed by atoms with Crippen LogP contribution in [0.5, 0.6) is 5.75 Å². The third-order valence-corrected chi connectivity index (χ3v) is 2.92. The first kappa shape index (κ1) is 12.1. The highest BCUT2D eigenvalue weighted by molar-refractivity contribution is 5.35. The quantitative estimate of drug-likeness (QED) is 0.725. The van der Waals surface area contributed by atoms with Crippen molar-refractivity contribution in [2.24, 2.45) is 0 Å². The van der Waals surface area contributed by atoms with Gasteiger partial charge in [0, 0.05) is 6.20 Å². The van der Waals surface area contributed by atoms with Gasteiger partial charge < -0.3 is 4.74 Å². The van der Waals surface area contributed by atoms with E-state index in [2.05, 4.69) is 21.1 Å². The molecule has 0 aliphatic rings. The molecule has 0 N–H and O–H groups in total. The maximum absolute atomic E-state index is 8.77. The van der Waals surface area contributed by atoms with Crippen LogP contribution in [0.1, 0.15) is 24.3 Å². The summed E-state index contributed by atoms with van der Waals surface area (Å²) in [5.74, 6) is 1.24. The van der Waals surface area contributed by atoms with Gasteiger partial charge in [0.05, 0.1) is 17.3 Å². The van der Waals surface area contributed by atoms with E-state index in [0.717, 1.165) is 5.69 Å². The summed E-state index contributed by atoms with van der Waals surface area (Å²) in [7, 11) is 0. The molecule has 0 saturated carbocycles. The molecule has 0 radical (unpaired) electrons. The molecule has 20 heavy (non-hydrogen) atoms. The smallest absolute Gasteiger partial charge is 0.252 e. The second-order valence-electron chi connectivity index (χ2n) is 4.24. The van der Waals surface area contributed by atoms with Gasteiger partial charge in [0.15, 0.2) is 0 Å². The van der Waals surface area contributed by atoms with Crippen LogP contribution in [-0.4, -0.2) is 19.6 Å². The monoisotopic (exact) mass is 265 g/mol. The van der Waals surface area contributed by atoms with E-state index >= 15 is 0 Å². The molecular weight excluding hydrogens is 254 g/mol. The Bertz CT molecular complexity index is 772. The maximum atomic E-state index is 8.77. The number of nitriles is 1. The van der Waals surface area contributed by atoms with Crippen LogP contribution >= 0.6 is 0 Å². The molecule has 3 rings (SSSR count). The number of ether oxygens (including phenoxy) is 1. The highest BCUT2D eigenvalue weighted by Crippen LogP contribution is 2.21. The lowest BCUT2D eigenvalue weighted by molar-refractivity contribution is 0.218. The molecule has 98 valence electrons. The van der Waals surface area contributed by atoms with Crippen molar-refractivity contribution in [3.05, 3.63) is 54.1 Å². The second-order valence-corrected chi connectivity index (χ2v) is 4.24. The SMILES string of the molecule is C[C@H](Oc1ccc(C#N)cc1)c1ccnc2ncnn12. The second kappa shape index (κ2) is 4.97. The summed E-state index contributed by atoms with van der Waals surface area (Å²) < 4.78 is 7.50. The highest BCUT2D eigenvalue weighted by Gasteiger charge is 2.12. The Hall–Kier alpha value is -2.94. The van der Waals surface area contributed by atoms with E-state index in [1.807, 2.05) is 13.0 Å². The molecule has 0 aliphatic carbocycles. The molecule has 0 amide bonds. The Morgan fingerprint density at radius 2 is 2.00 bits per heavy atom. The van der Waals surface area contributed by atoms with Crippen molar-refractivity contribution in [3.63, 3.8) is 0 Å². The topological polar surface area (TPSA) is 76.1 Å². The van der Waals surface area contributed by atoms with Gasteiger partial charge in [0.2, 0.25) is 0 Å². The van der Waals surface area contributed by atoms with Gasteiger partial charge in [-0.1, -0.05) is 0 Å². The predicted octanol–water partition coefficient (Wildman–Crippen LogP) is 2.14. The van der Waals surface area contributed by atoms with Crippen LogP contribution in [0.25, 0.3) is 5.78 Å². The lowest BCUT2D eigenvalue weighted by Gasteiger charge is -2.15. The minimum absolute atomic E-state index is 0.213. The Morgan fingerprint density at radius 3 is 2.75 bits per heavy atom. The fourth-order valence-corrected chi connectivity index (χ4v) is 1.94. The fraction of sp³-hybridized carbons (Fsp3) is 0.143. The number of hydrogen-bond acceptors (Lipinski definition) is 5. The number of benzene rings is 1. The van der Waals surface area contributed by atoms with Crippen LogP contribution < -0.4 is 4.74 Å². The van der Waals surface area contributed by atoms with Crippen molar-refractivity contribution in [3.8, 4) is 11.8 Å². The van der Waals surface area contributed by atoms with Gasteiger partial charge >= 0.3 is 0 Å². The van der Waals surface area contributed by atoms with Crippen LogP contribution in [0.15, 0.2) is 42.9 Å². The number of aromatic nitrogens is 4. The van der Waals surface area contributed by atoms with Crippen molar-refractivity contribution in [2.75, 3.05) is 0 Å². The molecule has 6 heteroatoms. The van der Waals surface area contributed by atoms with Gasteiger partial charge in [-0.25, -0.2) is 4.98 Å². The van der Waals surface area contributed by atoms with Crippen LogP contribution in [-0.2, 0) is 0 Å². The first-order valence-electron chi connectivity index (χ1n) is 6.09. The predicted molar refractivity (Wildman–Crippen MR) is 71.0 cm³/mol. The van der Waals surface area contributed by atoms with Crippen LogP contribution in [0.4, 0.5) is 0 Å². The molecule has 0 fully saturated rings. The van der Waals surface area contributed by atoms with Crippen LogP contribution in [0.3, 0.4) is 0 Å². The van der Waals surface area contributed by atoms with Gasteiger partial charge in [-0.15, -0.1) is 0 Å².